The van der Waals surface area contributed by atoms with Gasteiger partial charge in [-0.15, -0.1) is 0 Å². The highest BCUT2D eigenvalue weighted by atomic mass is 35.5. The van der Waals surface area contributed by atoms with Gasteiger partial charge >= 0.3 is 0 Å². The van der Waals surface area contributed by atoms with Crippen LogP contribution in [0.5, 0.6) is 0 Å². The fourth-order valence-electron chi connectivity index (χ4n) is 3.88. The van der Waals surface area contributed by atoms with Crippen LogP contribution in [0.15, 0.2) is 67.0 Å². The topological polar surface area (TPSA) is 41.9 Å². The summed E-state index contributed by atoms with van der Waals surface area (Å²) in [4.78, 5) is 16.0. The minimum absolute atomic E-state index is 0.290. The van der Waals surface area contributed by atoms with E-state index in [-0.39, 0.29) is 0 Å². The van der Waals surface area contributed by atoms with Crippen molar-refractivity contribution < 1.29 is 8.78 Å². The molecule has 4 aromatic rings. The summed E-state index contributed by atoms with van der Waals surface area (Å²) in [6.45, 7) is 2.35. The maximum Gasteiger partial charge on any atom is 0.159 e. The smallest absolute Gasteiger partial charge is 0.159 e. The van der Waals surface area contributed by atoms with Crippen LogP contribution >= 0.6 is 11.6 Å². The van der Waals surface area contributed by atoms with Crippen molar-refractivity contribution in [3.05, 3.63) is 100 Å². The maximum atomic E-state index is 14.0. The molecule has 0 bridgehead atoms. The normalized spacial score (nSPS) is 13.7. The molecule has 5 rings (SSSR count). The van der Waals surface area contributed by atoms with E-state index in [1.54, 1.807) is 12.3 Å². The highest BCUT2D eigenvalue weighted by Gasteiger charge is 2.19. The van der Waals surface area contributed by atoms with Crippen molar-refractivity contribution in [2.45, 2.75) is 19.5 Å². The van der Waals surface area contributed by atoms with Gasteiger partial charge in [-0.3, -0.25) is 9.88 Å². The SMILES string of the molecule is Fc1ccc(-c2ccc(CN3CCc4nc(-c5ccc(Cl)cc5)ncc4C3)cn2)c(F)c1. The molecule has 2 aromatic carbocycles. The number of pyridine rings is 1. The fraction of sp³-hybridized carbons (Fsp3) is 0.160. The Kier molecular flexibility index (Phi) is 5.64. The van der Waals surface area contributed by atoms with E-state index in [1.165, 1.54) is 12.1 Å². The van der Waals surface area contributed by atoms with Gasteiger partial charge in [0, 0.05) is 66.2 Å². The van der Waals surface area contributed by atoms with Gasteiger partial charge in [-0.1, -0.05) is 17.7 Å². The van der Waals surface area contributed by atoms with E-state index in [4.69, 9.17) is 16.6 Å². The Bertz CT molecular complexity index is 1260. The standard InChI is InChI=1S/C25H19ClF2N4/c26-19-4-2-17(3-5-19)25-30-13-18-15-32(10-9-23(18)31-25)14-16-1-8-24(29-12-16)21-7-6-20(27)11-22(21)28/h1-8,11-13H,9-10,14-15H2. The molecule has 0 spiro atoms. The molecule has 0 atom stereocenters. The van der Waals surface area contributed by atoms with Gasteiger partial charge in [-0.2, -0.15) is 0 Å². The van der Waals surface area contributed by atoms with E-state index >= 15 is 0 Å². The van der Waals surface area contributed by atoms with Gasteiger partial charge in [0.05, 0.1) is 11.4 Å². The summed E-state index contributed by atoms with van der Waals surface area (Å²) in [5.74, 6) is -0.505. The van der Waals surface area contributed by atoms with Gasteiger partial charge in [0.25, 0.3) is 0 Å². The van der Waals surface area contributed by atoms with Crippen LogP contribution in [-0.4, -0.2) is 26.4 Å². The van der Waals surface area contributed by atoms with E-state index in [9.17, 15) is 8.78 Å². The van der Waals surface area contributed by atoms with Crippen LogP contribution in [0.1, 0.15) is 16.8 Å². The third-order valence-electron chi connectivity index (χ3n) is 5.55. The first-order valence-electron chi connectivity index (χ1n) is 10.3. The van der Waals surface area contributed by atoms with E-state index < -0.39 is 11.6 Å². The first kappa shape index (κ1) is 20.7. The first-order valence-corrected chi connectivity index (χ1v) is 10.7. The molecule has 3 heterocycles. The Labute approximate surface area is 189 Å². The Hall–Kier alpha value is -3.22. The van der Waals surface area contributed by atoms with Crippen LogP contribution in [0.3, 0.4) is 0 Å². The molecule has 1 aliphatic heterocycles. The van der Waals surface area contributed by atoms with Gasteiger partial charge < -0.3 is 0 Å². The molecule has 0 unspecified atom stereocenters. The van der Waals surface area contributed by atoms with Gasteiger partial charge in [-0.25, -0.2) is 18.7 Å². The maximum absolute atomic E-state index is 14.0. The Morgan fingerprint density at radius 3 is 2.53 bits per heavy atom. The average Bonchev–Trinajstić information content (AvgIpc) is 2.80. The quantitative estimate of drug-likeness (QED) is 0.402. The van der Waals surface area contributed by atoms with Crippen LogP contribution in [0, 0.1) is 11.6 Å². The molecule has 0 saturated heterocycles. The minimum atomic E-state index is -0.615. The molecule has 0 saturated carbocycles. The van der Waals surface area contributed by atoms with Crippen LogP contribution < -0.4 is 0 Å². The van der Waals surface area contributed by atoms with E-state index in [0.717, 1.165) is 54.5 Å². The molecule has 32 heavy (non-hydrogen) atoms. The lowest BCUT2D eigenvalue weighted by Gasteiger charge is -2.28. The molecule has 2 aromatic heterocycles. The van der Waals surface area contributed by atoms with Gasteiger partial charge in [0.1, 0.15) is 11.6 Å². The van der Waals surface area contributed by atoms with Crippen molar-refractivity contribution in [1.29, 1.82) is 0 Å². The van der Waals surface area contributed by atoms with Crippen LogP contribution in [0.4, 0.5) is 8.78 Å². The highest BCUT2D eigenvalue weighted by molar-refractivity contribution is 6.30. The summed E-state index contributed by atoms with van der Waals surface area (Å²) in [5, 5.41) is 0.688. The molecule has 160 valence electrons. The number of nitrogens with zero attached hydrogens (tertiary/aromatic N) is 4. The number of halogens is 3. The summed E-state index contributed by atoms with van der Waals surface area (Å²) >= 11 is 5.97. The molecule has 0 radical (unpaired) electrons. The predicted octanol–water partition coefficient (Wildman–Crippen LogP) is 5.70. The largest absolute Gasteiger partial charge is 0.294 e. The van der Waals surface area contributed by atoms with E-state index in [0.29, 0.717) is 22.1 Å². The zero-order valence-corrected chi connectivity index (χ0v) is 17.9. The van der Waals surface area contributed by atoms with Crippen LogP contribution in [-0.2, 0) is 19.5 Å². The zero-order chi connectivity index (χ0) is 22.1. The number of hydrogen-bond acceptors (Lipinski definition) is 4. The third-order valence-corrected chi connectivity index (χ3v) is 5.81. The summed E-state index contributed by atoms with van der Waals surface area (Å²) in [7, 11) is 0. The number of fused-ring (bicyclic) bond motifs is 1. The molecular weight excluding hydrogens is 430 g/mol. The van der Waals surface area contributed by atoms with Crippen molar-refractivity contribution in [3.63, 3.8) is 0 Å². The molecule has 7 heteroatoms. The molecule has 0 N–H and O–H groups in total. The second-order valence-electron chi connectivity index (χ2n) is 7.81. The van der Waals surface area contributed by atoms with Crippen molar-refractivity contribution in [2.24, 2.45) is 0 Å². The van der Waals surface area contributed by atoms with Crippen molar-refractivity contribution >= 4 is 11.6 Å². The average molecular weight is 449 g/mol. The van der Waals surface area contributed by atoms with Crippen LogP contribution in [0.2, 0.25) is 5.02 Å². The zero-order valence-electron chi connectivity index (χ0n) is 17.1. The van der Waals surface area contributed by atoms with Gasteiger partial charge in [0.2, 0.25) is 0 Å². The minimum Gasteiger partial charge on any atom is -0.294 e. The molecule has 1 aliphatic rings. The Morgan fingerprint density at radius 2 is 1.78 bits per heavy atom. The number of aromatic nitrogens is 3. The Balaban J connectivity index is 1.27. The second kappa shape index (κ2) is 8.73. The van der Waals surface area contributed by atoms with Gasteiger partial charge in [-0.05, 0) is 48.0 Å². The lowest BCUT2D eigenvalue weighted by Crippen LogP contribution is -2.31. The number of benzene rings is 2. The predicted molar refractivity (Wildman–Crippen MR) is 120 cm³/mol. The van der Waals surface area contributed by atoms with Crippen molar-refractivity contribution in [2.75, 3.05) is 6.54 Å². The third kappa shape index (κ3) is 4.38. The van der Waals surface area contributed by atoms with Crippen molar-refractivity contribution in [3.8, 4) is 22.6 Å². The number of hydrogen-bond donors (Lipinski definition) is 0. The van der Waals surface area contributed by atoms with Crippen LogP contribution in [0.25, 0.3) is 22.6 Å². The lowest BCUT2D eigenvalue weighted by molar-refractivity contribution is 0.242. The van der Waals surface area contributed by atoms with E-state index in [2.05, 4.69) is 14.9 Å². The van der Waals surface area contributed by atoms with E-state index in [1.807, 2.05) is 36.5 Å². The molecule has 0 aliphatic carbocycles. The first-order chi connectivity index (χ1) is 15.5. The van der Waals surface area contributed by atoms with Crippen molar-refractivity contribution in [1.82, 2.24) is 19.9 Å². The summed E-state index contributed by atoms with van der Waals surface area (Å²) in [5.41, 5.74) is 4.94. The fourth-order valence-corrected chi connectivity index (χ4v) is 4.01. The summed E-state index contributed by atoms with van der Waals surface area (Å²) in [6, 6.07) is 14.7. The number of rotatable bonds is 4. The second-order valence-corrected chi connectivity index (χ2v) is 8.25. The van der Waals surface area contributed by atoms with Gasteiger partial charge in [0.15, 0.2) is 5.82 Å². The molecule has 0 fully saturated rings. The molecular formula is C25H19ClF2N4. The molecule has 4 nitrogen and oxygen atoms in total. The highest BCUT2D eigenvalue weighted by Crippen LogP contribution is 2.25. The molecule has 0 amide bonds. The lowest BCUT2D eigenvalue weighted by atomic mass is 10.1. The monoisotopic (exact) mass is 448 g/mol. The Morgan fingerprint density at radius 1 is 0.938 bits per heavy atom. The summed E-state index contributed by atoms with van der Waals surface area (Å²) < 4.78 is 27.1. The summed E-state index contributed by atoms with van der Waals surface area (Å²) in [6.07, 6.45) is 4.48.